The summed E-state index contributed by atoms with van der Waals surface area (Å²) in [5, 5.41) is 11.3. The molecule has 1 amide bonds. The standard InChI is InChI=1S/C22H28NO5P/c24-21(25)14-15-23-22(26)20(17-19-12-5-2-6-13-19)28-29(27)16-8-7-11-18-9-3-1-4-10-18/h1-6,9-10,12-13,20,29H,7-8,11,14-17H2,(H,23,26)(H,24,25). The molecule has 0 saturated heterocycles. The molecule has 0 radical (unpaired) electrons. The topological polar surface area (TPSA) is 92.7 Å². The molecule has 2 aromatic rings. The molecule has 0 fully saturated rings. The average molecular weight is 417 g/mol. The molecule has 0 spiro atoms. The van der Waals surface area contributed by atoms with Crippen LogP contribution in [0, 0.1) is 0 Å². The number of nitrogens with one attached hydrogen (secondary N) is 1. The summed E-state index contributed by atoms with van der Waals surface area (Å²) < 4.78 is 18.0. The third kappa shape index (κ3) is 9.55. The smallest absolute Gasteiger partial charge is 0.305 e. The van der Waals surface area contributed by atoms with Gasteiger partial charge in [0.25, 0.3) is 0 Å². The Hall–Kier alpha value is -2.43. The molecule has 29 heavy (non-hydrogen) atoms. The maximum Gasteiger partial charge on any atom is 0.305 e. The number of hydrogen-bond donors (Lipinski definition) is 2. The van der Waals surface area contributed by atoms with Gasteiger partial charge in [0.2, 0.25) is 5.91 Å². The van der Waals surface area contributed by atoms with Gasteiger partial charge in [0, 0.05) is 19.1 Å². The third-order valence-electron chi connectivity index (χ3n) is 4.41. The normalized spacial score (nSPS) is 12.8. The lowest BCUT2D eigenvalue weighted by atomic mass is 10.1. The Morgan fingerprint density at radius 1 is 0.966 bits per heavy atom. The number of rotatable bonds is 13. The van der Waals surface area contributed by atoms with Crippen molar-refractivity contribution in [1.29, 1.82) is 0 Å². The molecule has 0 aliphatic heterocycles. The second kappa shape index (κ2) is 12.9. The molecule has 2 atom stereocenters. The van der Waals surface area contributed by atoms with Gasteiger partial charge in [-0.15, -0.1) is 0 Å². The molecule has 156 valence electrons. The first-order valence-corrected chi connectivity index (χ1v) is 11.3. The number of carbonyl (C=O) groups is 2. The van der Waals surface area contributed by atoms with Gasteiger partial charge in [-0.25, -0.2) is 0 Å². The Kier molecular flexibility index (Phi) is 10.2. The minimum atomic E-state index is -2.37. The summed E-state index contributed by atoms with van der Waals surface area (Å²) in [5.74, 6) is -1.42. The monoisotopic (exact) mass is 417 g/mol. The summed E-state index contributed by atoms with van der Waals surface area (Å²) in [6, 6.07) is 19.5. The van der Waals surface area contributed by atoms with Crippen LogP contribution in [-0.2, 0) is 31.5 Å². The molecule has 2 N–H and O–H groups in total. The van der Waals surface area contributed by atoms with E-state index in [4.69, 9.17) is 9.63 Å². The molecular formula is C22H28NO5P. The van der Waals surface area contributed by atoms with E-state index in [0.717, 1.165) is 24.8 Å². The molecule has 0 saturated carbocycles. The van der Waals surface area contributed by atoms with Crippen LogP contribution in [0.2, 0.25) is 0 Å². The fourth-order valence-corrected chi connectivity index (χ4v) is 4.05. The van der Waals surface area contributed by atoms with E-state index in [0.29, 0.717) is 12.6 Å². The molecular weight excluding hydrogens is 389 g/mol. The van der Waals surface area contributed by atoms with Crippen LogP contribution < -0.4 is 5.32 Å². The predicted molar refractivity (Wildman–Crippen MR) is 114 cm³/mol. The highest BCUT2D eigenvalue weighted by atomic mass is 31.1. The zero-order valence-corrected chi connectivity index (χ0v) is 17.4. The van der Waals surface area contributed by atoms with E-state index in [1.54, 1.807) is 0 Å². The number of aryl methyl sites for hydroxylation is 1. The molecule has 2 rings (SSSR count). The van der Waals surface area contributed by atoms with Gasteiger partial charge in [-0.3, -0.25) is 14.2 Å². The van der Waals surface area contributed by atoms with Crippen LogP contribution in [0.15, 0.2) is 60.7 Å². The Balaban J connectivity index is 1.83. The first-order valence-electron chi connectivity index (χ1n) is 9.81. The number of amides is 1. The zero-order chi connectivity index (χ0) is 20.9. The summed E-state index contributed by atoms with van der Waals surface area (Å²) in [4.78, 5) is 23.1. The van der Waals surface area contributed by atoms with Gasteiger partial charge >= 0.3 is 5.97 Å². The van der Waals surface area contributed by atoms with Crippen LogP contribution in [0.3, 0.4) is 0 Å². The van der Waals surface area contributed by atoms with Gasteiger partial charge in [0.1, 0.15) is 6.10 Å². The Bertz CT molecular complexity index is 782. The largest absolute Gasteiger partial charge is 0.481 e. The van der Waals surface area contributed by atoms with Crippen LogP contribution in [0.25, 0.3) is 0 Å². The predicted octanol–water partition coefficient (Wildman–Crippen LogP) is 3.70. The number of hydrogen-bond acceptors (Lipinski definition) is 4. The first-order chi connectivity index (χ1) is 14.0. The molecule has 2 aromatic carbocycles. The van der Waals surface area contributed by atoms with Crippen molar-refractivity contribution in [2.75, 3.05) is 12.7 Å². The Morgan fingerprint density at radius 2 is 1.59 bits per heavy atom. The molecule has 6 nitrogen and oxygen atoms in total. The van der Waals surface area contributed by atoms with Crippen LogP contribution in [0.5, 0.6) is 0 Å². The number of carbonyl (C=O) groups excluding carboxylic acids is 1. The van der Waals surface area contributed by atoms with Crippen molar-refractivity contribution in [3.8, 4) is 0 Å². The number of benzene rings is 2. The van der Waals surface area contributed by atoms with Crippen LogP contribution >= 0.6 is 8.03 Å². The molecule has 0 heterocycles. The molecule has 0 bridgehead atoms. The lowest BCUT2D eigenvalue weighted by Crippen LogP contribution is -2.38. The second-order valence-corrected chi connectivity index (χ2v) is 8.28. The molecule has 0 aliphatic carbocycles. The summed E-state index contributed by atoms with van der Waals surface area (Å²) in [6.07, 6.45) is 2.22. The zero-order valence-electron chi connectivity index (χ0n) is 16.4. The van der Waals surface area contributed by atoms with E-state index < -0.39 is 26.0 Å². The Labute approximate surface area is 172 Å². The fraction of sp³-hybridized carbons (Fsp3) is 0.364. The SMILES string of the molecule is O=C(O)CCNC(=O)C(Cc1ccccc1)O[PH](=O)CCCCc1ccccc1. The Morgan fingerprint density at radius 3 is 2.21 bits per heavy atom. The lowest BCUT2D eigenvalue weighted by Gasteiger charge is -2.17. The highest BCUT2D eigenvalue weighted by molar-refractivity contribution is 7.39. The average Bonchev–Trinajstić information content (AvgIpc) is 2.72. The van der Waals surface area contributed by atoms with Crippen molar-refractivity contribution in [3.63, 3.8) is 0 Å². The minimum Gasteiger partial charge on any atom is -0.481 e. The van der Waals surface area contributed by atoms with Gasteiger partial charge in [-0.1, -0.05) is 60.7 Å². The number of carboxylic acid groups (broad SMARTS) is 1. The van der Waals surface area contributed by atoms with Gasteiger partial charge in [-0.05, 0) is 30.4 Å². The molecule has 7 heteroatoms. The van der Waals surface area contributed by atoms with Crippen molar-refractivity contribution in [3.05, 3.63) is 71.8 Å². The van der Waals surface area contributed by atoms with Crippen molar-refractivity contribution >= 4 is 19.9 Å². The maximum atomic E-state index is 12.4. The summed E-state index contributed by atoms with van der Waals surface area (Å²) in [7, 11) is -2.37. The van der Waals surface area contributed by atoms with E-state index in [1.807, 2.05) is 48.5 Å². The van der Waals surface area contributed by atoms with Crippen molar-refractivity contribution in [2.24, 2.45) is 0 Å². The quantitative estimate of drug-likeness (QED) is 0.383. The van der Waals surface area contributed by atoms with Crippen molar-refractivity contribution in [1.82, 2.24) is 5.32 Å². The van der Waals surface area contributed by atoms with Gasteiger partial charge in [-0.2, -0.15) is 0 Å². The highest BCUT2D eigenvalue weighted by Crippen LogP contribution is 2.28. The fourth-order valence-electron chi connectivity index (χ4n) is 2.88. The summed E-state index contributed by atoms with van der Waals surface area (Å²) >= 11 is 0. The third-order valence-corrected chi connectivity index (χ3v) is 5.72. The minimum absolute atomic E-state index is 0.0147. The van der Waals surface area contributed by atoms with Gasteiger partial charge in [0.05, 0.1) is 6.42 Å². The first kappa shape index (κ1) is 22.9. The van der Waals surface area contributed by atoms with Gasteiger partial charge in [0.15, 0.2) is 8.03 Å². The second-order valence-electron chi connectivity index (χ2n) is 6.80. The van der Waals surface area contributed by atoms with Crippen molar-refractivity contribution < 1.29 is 23.8 Å². The van der Waals surface area contributed by atoms with E-state index >= 15 is 0 Å². The lowest BCUT2D eigenvalue weighted by molar-refractivity contribution is -0.137. The van der Waals surface area contributed by atoms with Crippen LogP contribution in [0.1, 0.15) is 30.4 Å². The van der Waals surface area contributed by atoms with Crippen LogP contribution in [-0.4, -0.2) is 35.8 Å². The van der Waals surface area contributed by atoms with E-state index in [2.05, 4.69) is 17.4 Å². The van der Waals surface area contributed by atoms with Gasteiger partial charge < -0.3 is 14.9 Å². The summed E-state index contributed by atoms with van der Waals surface area (Å²) in [6.45, 7) is 0.0147. The van der Waals surface area contributed by atoms with E-state index in [1.165, 1.54) is 5.56 Å². The number of unbranched alkanes of at least 4 members (excludes halogenated alkanes) is 1. The molecule has 2 unspecified atom stereocenters. The maximum absolute atomic E-state index is 12.4. The number of aliphatic carboxylic acids is 1. The molecule has 0 aliphatic rings. The highest BCUT2D eigenvalue weighted by Gasteiger charge is 2.22. The summed E-state index contributed by atoms with van der Waals surface area (Å²) in [5.41, 5.74) is 2.14. The molecule has 0 aromatic heterocycles. The number of carboxylic acids is 1. The van der Waals surface area contributed by atoms with Crippen molar-refractivity contribution in [2.45, 2.75) is 38.2 Å². The van der Waals surface area contributed by atoms with Crippen LogP contribution in [0.4, 0.5) is 0 Å². The van der Waals surface area contributed by atoms with E-state index in [-0.39, 0.29) is 13.0 Å². The van der Waals surface area contributed by atoms with E-state index in [9.17, 15) is 14.2 Å².